The Kier molecular flexibility index (Phi) is 5.61. The number of ether oxygens (including phenoxy) is 1. The molecule has 8 heteroatoms. The molecule has 1 aromatic heterocycles. The molecule has 0 radical (unpaired) electrons. The number of amides is 3. The van der Waals surface area contributed by atoms with Crippen molar-refractivity contribution in [3.63, 3.8) is 0 Å². The van der Waals surface area contributed by atoms with E-state index < -0.39 is 11.8 Å². The molecule has 3 rings (SSSR count). The van der Waals surface area contributed by atoms with Gasteiger partial charge in [-0.2, -0.15) is 0 Å². The predicted molar refractivity (Wildman–Crippen MR) is 93.6 cm³/mol. The molecule has 0 aromatic carbocycles. The van der Waals surface area contributed by atoms with Crippen LogP contribution in [0.4, 0.5) is 5.88 Å². The molecule has 8 nitrogen and oxygen atoms in total. The van der Waals surface area contributed by atoms with Crippen molar-refractivity contribution in [1.82, 2.24) is 9.80 Å². The van der Waals surface area contributed by atoms with Gasteiger partial charge in [-0.05, 0) is 19.4 Å². The molecule has 1 atom stereocenters. The lowest BCUT2D eigenvalue weighted by molar-refractivity contribution is -0.157. The fourth-order valence-electron chi connectivity index (χ4n) is 3.32. The fraction of sp³-hybridized carbons (Fsp3) is 0.611. The van der Waals surface area contributed by atoms with Gasteiger partial charge in [-0.3, -0.25) is 19.3 Å². The van der Waals surface area contributed by atoms with Gasteiger partial charge in [-0.1, -0.05) is 13.3 Å². The van der Waals surface area contributed by atoms with Crippen molar-refractivity contribution in [3.05, 3.63) is 17.9 Å². The minimum absolute atomic E-state index is 0.0221. The van der Waals surface area contributed by atoms with Crippen LogP contribution in [0, 0.1) is 6.92 Å². The van der Waals surface area contributed by atoms with E-state index >= 15 is 0 Å². The largest absolute Gasteiger partial charge is 0.445 e. The molecule has 2 aliphatic heterocycles. The van der Waals surface area contributed by atoms with Crippen LogP contribution in [-0.4, -0.2) is 73.0 Å². The van der Waals surface area contributed by atoms with Gasteiger partial charge in [-0.25, -0.2) is 0 Å². The minimum atomic E-state index is -0.620. The van der Waals surface area contributed by atoms with Crippen LogP contribution in [0.25, 0.3) is 0 Å². The zero-order valence-electron chi connectivity index (χ0n) is 15.3. The summed E-state index contributed by atoms with van der Waals surface area (Å²) in [6.07, 6.45) is 1.80. The molecular weight excluding hydrogens is 338 g/mol. The Hall–Kier alpha value is -2.35. The number of carbonyl (C=O) groups excluding carboxylic acids is 3. The zero-order valence-corrected chi connectivity index (χ0v) is 15.3. The Labute approximate surface area is 152 Å². The van der Waals surface area contributed by atoms with Gasteiger partial charge >= 0.3 is 11.8 Å². The monoisotopic (exact) mass is 363 g/mol. The Balaban J connectivity index is 1.58. The van der Waals surface area contributed by atoms with E-state index in [2.05, 4.69) is 6.92 Å². The molecule has 1 aromatic rings. The summed E-state index contributed by atoms with van der Waals surface area (Å²) in [7, 11) is 0. The first-order chi connectivity index (χ1) is 12.5. The van der Waals surface area contributed by atoms with Crippen LogP contribution in [0.3, 0.4) is 0 Å². The molecule has 0 bridgehead atoms. The second-order valence-electron chi connectivity index (χ2n) is 6.69. The van der Waals surface area contributed by atoms with E-state index in [1.807, 2.05) is 0 Å². The number of anilines is 1. The predicted octanol–water partition coefficient (Wildman–Crippen LogP) is 0.791. The Bertz CT molecular complexity index is 684. The summed E-state index contributed by atoms with van der Waals surface area (Å²) in [6.45, 7) is 5.64. The van der Waals surface area contributed by atoms with Gasteiger partial charge < -0.3 is 19.0 Å². The van der Waals surface area contributed by atoms with Crippen molar-refractivity contribution in [2.24, 2.45) is 0 Å². The van der Waals surface area contributed by atoms with Gasteiger partial charge in [0.1, 0.15) is 12.3 Å². The first kappa shape index (κ1) is 18.4. The number of piperazine rings is 1. The van der Waals surface area contributed by atoms with Crippen molar-refractivity contribution < 1.29 is 23.5 Å². The maximum atomic E-state index is 12.6. The average Bonchev–Trinajstić information content (AvgIpc) is 3.07. The topological polar surface area (TPSA) is 83.3 Å². The molecule has 0 N–H and O–H groups in total. The molecule has 142 valence electrons. The Morgan fingerprint density at radius 2 is 1.92 bits per heavy atom. The summed E-state index contributed by atoms with van der Waals surface area (Å²) in [5, 5.41) is 0. The van der Waals surface area contributed by atoms with Crippen molar-refractivity contribution >= 4 is 23.6 Å². The summed E-state index contributed by atoms with van der Waals surface area (Å²) in [6, 6.07) is 3.52. The fourth-order valence-corrected chi connectivity index (χ4v) is 3.32. The molecule has 2 aliphatic rings. The maximum absolute atomic E-state index is 12.6. The van der Waals surface area contributed by atoms with E-state index in [9.17, 15) is 14.4 Å². The molecule has 1 unspecified atom stereocenters. The summed E-state index contributed by atoms with van der Waals surface area (Å²) >= 11 is 0. The van der Waals surface area contributed by atoms with Crippen LogP contribution < -0.4 is 4.90 Å². The van der Waals surface area contributed by atoms with Gasteiger partial charge in [0.15, 0.2) is 0 Å². The van der Waals surface area contributed by atoms with Crippen LogP contribution in [0.5, 0.6) is 0 Å². The van der Waals surface area contributed by atoms with E-state index in [1.54, 1.807) is 24.0 Å². The van der Waals surface area contributed by atoms with Gasteiger partial charge in [0.05, 0.1) is 12.7 Å². The summed E-state index contributed by atoms with van der Waals surface area (Å²) in [5.74, 6) is -0.232. The minimum Gasteiger partial charge on any atom is -0.445 e. The third-order valence-electron chi connectivity index (χ3n) is 4.72. The second-order valence-corrected chi connectivity index (χ2v) is 6.69. The van der Waals surface area contributed by atoms with E-state index in [-0.39, 0.29) is 18.6 Å². The molecule has 0 aliphatic carbocycles. The van der Waals surface area contributed by atoms with Crippen LogP contribution in [0.1, 0.15) is 25.5 Å². The molecule has 3 amide bonds. The third-order valence-corrected chi connectivity index (χ3v) is 4.72. The first-order valence-electron chi connectivity index (χ1n) is 9.06. The van der Waals surface area contributed by atoms with Gasteiger partial charge in [0, 0.05) is 32.2 Å². The number of furan rings is 1. The van der Waals surface area contributed by atoms with E-state index in [1.165, 1.54) is 9.80 Å². The number of hydrogen-bond donors (Lipinski definition) is 0. The van der Waals surface area contributed by atoms with Crippen LogP contribution in [0.2, 0.25) is 0 Å². The average molecular weight is 363 g/mol. The van der Waals surface area contributed by atoms with Gasteiger partial charge in [-0.15, -0.1) is 0 Å². The van der Waals surface area contributed by atoms with Crippen molar-refractivity contribution in [3.8, 4) is 0 Å². The lowest BCUT2D eigenvalue weighted by atomic mass is 10.1. The molecule has 26 heavy (non-hydrogen) atoms. The molecule has 0 spiro atoms. The number of nitrogens with zero attached hydrogens (tertiary/aromatic N) is 3. The van der Waals surface area contributed by atoms with Crippen LogP contribution in [-0.2, 0) is 19.1 Å². The van der Waals surface area contributed by atoms with E-state index in [0.717, 1.165) is 18.6 Å². The Morgan fingerprint density at radius 1 is 1.15 bits per heavy atom. The molecular formula is C18H25N3O5. The molecule has 0 saturated carbocycles. The van der Waals surface area contributed by atoms with Gasteiger partial charge in [0.25, 0.3) is 0 Å². The number of carbonyl (C=O) groups is 3. The standard InChI is InChI=1S/C18H25N3O5/c1-3-4-14-11-20(9-10-25-14)18(24)17(23)19-7-8-21(15(22)12-19)16-6-5-13(2)26-16/h5-6,14H,3-4,7-12H2,1-2H3. The quantitative estimate of drug-likeness (QED) is 0.742. The normalized spacial score (nSPS) is 21.2. The molecule has 2 saturated heterocycles. The van der Waals surface area contributed by atoms with Gasteiger partial charge in [0.2, 0.25) is 11.8 Å². The summed E-state index contributed by atoms with van der Waals surface area (Å²) in [4.78, 5) is 41.8. The smallest absolute Gasteiger partial charge is 0.312 e. The zero-order chi connectivity index (χ0) is 18.7. The number of hydrogen-bond acceptors (Lipinski definition) is 5. The molecule has 3 heterocycles. The lowest BCUT2D eigenvalue weighted by Gasteiger charge is -2.36. The summed E-state index contributed by atoms with van der Waals surface area (Å²) in [5.41, 5.74) is 0. The first-order valence-corrected chi connectivity index (χ1v) is 9.06. The highest BCUT2D eigenvalue weighted by molar-refractivity contribution is 6.35. The Morgan fingerprint density at radius 3 is 2.58 bits per heavy atom. The second kappa shape index (κ2) is 7.90. The lowest BCUT2D eigenvalue weighted by Crippen LogP contribution is -2.57. The SMILES string of the molecule is CCCC1CN(C(=O)C(=O)N2CCN(c3ccc(C)o3)C(=O)C2)CCO1. The summed E-state index contributed by atoms with van der Waals surface area (Å²) < 4.78 is 11.1. The molecule has 2 fully saturated rings. The number of aryl methyl sites for hydroxylation is 1. The third kappa shape index (κ3) is 3.90. The van der Waals surface area contributed by atoms with Crippen molar-refractivity contribution in [2.45, 2.75) is 32.8 Å². The van der Waals surface area contributed by atoms with Crippen molar-refractivity contribution in [1.29, 1.82) is 0 Å². The highest BCUT2D eigenvalue weighted by atomic mass is 16.5. The highest BCUT2D eigenvalue weighted by Crippen LogP contribution is 2.20. The highest BCUT2D eigenvalue weighted by Gasteiger charge is 2.35. The number of rotatable bonds is 3. The van der Waals surface area contributed by atoms with Crippen LogP contribution in [0.15, 0.2) is 16.5 Å². The van der Waals surface area contributed by atoms with Crippen LogP contribution >= 0.6 is 0 Å². The van der Waals surface area contributed by atoms with Crippen molar-refractivity contribution in [2.75, 3.05) is 44.2 Å². The number of morpholine rings is 1. The van der Waals surface area contributed by atoms with E-state index in [0.29, 0.717) is 38.7 Å². The maximum Gasteiger partial charge on any atom is 0.312 e. The van der Waals surface area contributed by atoms with E-state index in [4.69, 9.17) is 9.15 Å².